The van der Waals surface area contributed by atoms with Gasteiger partial charge in [0.15, 0.2) is 0 Å². The fourth-order valence-electron chi connectivity index (χ4n) is 1.36. The molecule has 0 bridgehead atoms. The van der Waals surface area contributed by atoms with Gasteiger partial charge < -0.3 is 10.4 Å². The predicted octanol–water partition coefficient (Wildman–Crippen LogP) is 0.323. The topological polar surface area (TPSA) is 84.2 Å². The standard InChI is InChI=1S/C10H15N3O3/c1-7-6-8(13(2)12-7)10(16)11-5-3-4-9(14)15/h6H,3-5H2,1-2H3,(H,11,16)(H,14,15). The predicted molar refractivity (Wildman–Crippen MR) is 57.1 cm³/mol. The summed E-state index contributed by atoms with van der Waals surface area (Å²) in [6.07, 6.45) is 0.489. The van der Waals surface area contributed by atoms with Gasteiger partial charge in [0.25, 0.3) is 5.91 Å². The first kappa shape index (κ1) is 12.2. The van der Waals surface area contributed by atoms with Crippen LogP contribution in [-0.2, 0) is 11.8 Å². The molecule has 2 N–H and O–H groups in total. The summed E-state index contributed by atoms with van der Waals surface area (Å²) in [5.74, 6) is -1.08. The molecule has 1 aromatic heterocycles. The van der Waals surface area contributed by atoms with Crippen molar-refractivity contribution in [1.82, 2.24) is 15.1 Å². The average molecular weight is 225 g/mol. The van der Waals surface area contributed by atoms with Crippen LogP contribution in [0.15, 0.2) is 6.07 Å². The van der Waals surface area contributed by atoms with Gasteiger partial charge in [-0.05, 0) is 19.4 Å². The summed E-state index contributed by atoms with van der Waals surface area (Å²) in [5, 5.41) is 15.1. The molecule has 0 fully saturated rings. The molecular formula is C10H15N3O3. The van der Waals surface area contributed by atoms with Gasteiger partial charge in [-0.1, -0.05) is 0 Å². The van der Waals surface area contributed by atoms with E-state index in [9.17, 15) is 9.59 Å². The van der Waals surface area contributed by atoms with E-state index in [1.54, 1.807) is 20.0 Å². The number of carbonyl (C=O) groups excluding carboxylic acids is 1. The lowest BCUT2D eigenvalue weighted by Crippen LogP contribution is -2.26. The first-order valence-electron chi connectivity index (χ1n) is 5.01. The Balaban J connectivity index is 2.41. The molecule has 0 saturated carbocycles. The molecule has 16 heavy (non-hydrogen) atoms. The molecular weight excluding hydrogens is 210 g/mol. The van der Waals surface area contributed by atoms with Crippen molar-refractivity contribution >= 4 is 11.9 Å². The van der Waals surface area contributed by atoms with Crippen LogP contribution in [0.3, 0.4) is 0 Å². The van der Waals surface area contributed by atoms with Gasteiger partial charge in [0.05, 0.1) is 5.69 Å². The molecule has 0 aliphatic rings. The number of nitrogens with one attached hydrogen (secondary N) is 1. The molecule has 0 aliphatic heterocycles. The fourth-order valence-corrected chi connectivity index (χ4v) is 1.36. The summed E-state index contributed by atoms with van der Waals surface area (Å²) in [6.45, 7) is 2.16. The van der Waals surface area contributed by atoms with Crippen molar-refractivity contribution in [2.24, 2.45) is 7.05 Å². The molecule has 6 nitrogen and oxygen atoms in total. The Bertz CT molecular complexity index is 398. The normalized spacial score (nSPS) is 10.1. The van der Waals surface area contributed by atoms with E-state index in [0.29, 0.717) is 18.7 Å². The van der Waals surface area contributed by atoms with Gasteiger partial charge >= 0.3 is 5.97 Å². The van der Waals surface area contributed by atoms with Crippen molar-refractivity contribution in [2.45, 2.75) is 19.8 Å². The lowest BCUT2D eigenvalue weighted by molar-refractivity contribution is -0.137. The van der Waals surface area contributed by atoms with Crippen molar-refractivity contribution in [2.75, 3.05) is 6.54 Å². The molecule has 88 valence electrons. The summed E-state index contributed by atoms with van der Waals surface area (Å²) in [5.41, 5.74) is 1.26. The Morgan fingerprint density at radius 3 is 2.75 bits per heavy atom. The highest BCUT2D eigenvalue weighted by molar-refractivity contribution is 5.92. The van der Waals surface area contributed by atoms with Gasteiger partial charge in [-0.15, -0.1) is 0 Å². The number of aryl methyl sites for hydroxylation is 2. The molecule has 0 radical (unpaired) electrons. The quantitative estimate of drug-likeness (QED) is 0.707. The second kappa shape index (κ2) is 5.29. The van der Waals surface area contributed by atoms with Crippen molar-refractivity contribution < 1.29 is 14.7 Å². The zero-order valence-electron chi connectivity index (χ0n) is 9.36. The second-order valence-corrected chi connectivity index (χ2v) is 3.55. The van der Waals surface area contributed by atoms with Crippen molar-refractivity contribution in [3.05, 3.63) is 17.5 Å². The Labute approximate surface area is 93.3 Å². The minimum absolute atomic E-state index is 0.0602. The van der Waals surface area contributed by atoms with Crippen LogP contribution in [0.25, 0.3) is 0 Å². The summed E-state index contributed by atoms with van der Waals surface area (Å²) in [4.78, 5) is 21.8. The number of hydrogen-bond donors (Lipinski definition) is 2. The van der Waals surface area contributed by atoms with Crippen LogP contribution in [0.2, 0.25) is 0 Å². The van der Waals surface area contributed by atoms with E-state index in [1.807, 2.05) is 0 Å². The van der Waals surface area contributed by atoms with E-state index in [0.717, 1.165) is 5.69 Å². The van der Waals surface area contributed by atoms with Crippen LogP contribution in [0.4, 0.5) is 0 Å². The first-order valence-corrected chi connectivity index (χ1v) is 5.01. The summed E-state index contributed by atoms with van der Waals surface area (Å²) < 4.78 is 1.50. The summed E-state index contributed by atoms with van der Waals surface area (Å²) >= 11 is 0. The molecule has 1 aromatic rings. The van der Waals surface area contributed by atoms with E-state index >= 15 is 0 Å². The van der Waals surface area contributed by atoms with Gasteiger partial charge in [0.1, 0.15) is 5.69 Å². The third-order valence-electron chi connectivity index (χ3n) is 2.09. The minimum Gasteiger partial charge on any atom is -0.481 e. The minimum atomic E-state index is -0.856. The lowest BCUT2D eigenvalue weighted by Gasteiger charge is -2.03. The van der Waals surface area contributed by atoms with Crippen LogP contribution in [0.5, 0.6) is 0 Å². The number of aromatic nitrogens is 2. The number of rotatable bonds is 5. The second-order valence-electron chi connectivity index (χ2n) is 3.55. The molecule has 0 spiro atoms. The molecule has 0 aliphatic carbocycles. The Kier molecular flexibility index (Phi) is 4.04. The molecule has 0 atom stereocenters. The average Bonchev–Trinajstić information content (AvgIpc) is 2.52. The highest BCUT2D eigenvalue weighted by Gasteiger charge is 2.10. The highest BCUT2D eigenvalue weighted by atomic mass is 16.4. The van der Waals surface area contributed by atoms with E-state index in [-0.39, 0.29) is 12.3 Å². The number of carboxylic acids is 1. The molecule has 0 unspecified atom stereocenters. The van der Waals surface area contributed by atoms with Crippen molar-refractivity contribution in [3.63, 3.8) is 0 Å². The van der Waals surface area contributed by atoms with Crippen molar-refractivity contribution in [3.8, 4) is 0 Å². The van der Waals surface area contributed by atoms with Crippen LogP contribution in [0.1, 0.15) is 29.0 Å². The molecule has 0 aromatic carbocycles. The largest absolute Gasteiger partial charge is 0.481 e. The zero-order chi connectivity index (χ0) is 12.1. The van der Waals surface area contributed by atoms with E-state index < -0.39 is 5.97 Å². The van der Waals surface area contributed by atoms with Gasteiger partial charge in [-0.3, -0.25) is 14.3 Å². The van der Waals surface area contributed by atoms with Crippen LogP contribution in [-0.4, -0.2) is 33.3 Å². The van der Waals surface area contributed by atoms with Gasteiger partial charge in [0.2, 0.25) is 0 Å². The Morgan fingerprint density at radius 1 is 1.56 bits per heavy atom. The van der Waals surface area contributed by atoms with Crippen LogP contribution < -0.4 is 5.32 Å². The van der Waals surface area contributed by atoms with E-state index in [1.165, 1.54) is 4.68 Å². The van der Waals surface area contributed by atoms with E-state index in [4.69, 9.17) is 5.11 Å². The van der Waals surface area contributed by atoms with Gasteiger partial charge in [0, 0.05) is 20.0 Å². The number of nitrogens with zero attached hydrogens (tertiary/aromatic N) is 2. The Morgan fingerprint density at radius 2 is 2.25 bits per heavy atom. The lowest BCUT2D eigenvalue weighted by atomic mass is 10.3. The maximum Gasteiger partial charge on any atom is 0.303 e. The molecule has 1 rings (SSSR count). The molecule has 0 saturated heterocycles. The first-order chi connectivity index (χ1) is 7.50. The molecule has 1 amide bonds. The van der Waals surface area contributed by atoms with Crippen LogP contribution >= 0.6 is 0 Å². The van der Waals surface area contributed by atoms with Crippen molar-refractivity contribution in [1.29, 1.82) is 0 Å². The zero-order valence-corrected chi connectivity index (χ0v) is 9.36. The monoisotopic (exact) mass is 225 g/mol. The molecule has 6 heteroatoms. The number of hydrogen-bond acceptors (Lipinski definition) is 3. The van der Waals surface area contributed by atoms with Gasteiger partial charge in [-0.25, -0.2) is 0 Å². The van der Waals surface area contributed by atoms with Gasteiger partial charge in [-0.2, -0.15) is 5.10 Å². The fraction of sp³-hybridized carbons (Fsp3) is 0.500. The smallest absolute Gasteiger partial charge is 0.303 e. The molecule has 1 heterocycles. The third-order valence-corrected chi connectivity index (χ3v) is 2.09. The SMILES string of the molecule is Cc1cc(C(=O)NCCCC(=O)O)n(C)n1. The summed E-state index contributed by atoms with van der Waals surface area (Å²) in [7, 11) is 1.69. The van der Waals surface area contributed by atoms with Crippen LogP contribution in [0, 0.1) is 6.92 Å². The maximum absolute atomic E-state index is 11.6. The number of carboxylic acid groups (broad SMARTS) is 1. The third kappa shape index (κ3) is 3.38. The number of carbonyl (C=O) groups is 2. The number of amides is 1. The highest BCUT2D eigenvalue weighted by Crippen LogP contribution is 2.01. The van der Waals surface area contributed by atoms with E-state index in [2.05, 4.69) is 10.4 Å². The maximum atomic E-state index is 11.6. The summed E-state index contributed by atoms with van der Waals surface area (Å²) in [6, 6.07) is 1.69. The Hall–Kier alpha value is -1.85. The number of aliphatic carboxylic acids is 1.